The lowest BCUT2D eigenvalue weighted by atomic mass is 9.92. The van der Waals surface area contributed by atoms with Gasteiger partial charge in [-0.05, 0) is 68.0 Å². The van der Waals surface area contributed by atoms with Gasteiger partial charge in [-0.2, -0.15) is 0 Å². The fourth-order valence-electron chi connectivity index (χ4n) is 3.39. The van der Waals surface area contributed by atoms with Crippen LogP contribution in [-0.2, 0) is 11.2 Å². The number of nitrogens with one attached hydrogen (secondary N) is 1. The highest BCUT2D eigenvalue weighted by Gasteiger charge is 2.20. The quantitative estimate of drug-likeness (QED) is 0.809. The SMILES string of the molecule is NC(=O)CN1CCC[C@@H](CCc2ccnc(Nc3ccccn3)c2)C1. The van der Waals surface area contributed by atoms with Crippen LogP contribution >= 0.6 is 0 Å². The first kappa shape index (κ1) is 17.4. The number of nitrogens with two attached hydrogens (primary N) is 1. The van der Waals surface area contributed by atoms with Crippen LogP contribution in [-0.4, -0.2) is 40.4 Å². The maximum absolute atomic E-state index is 11.1. The fraction of sp³-hybridized carbons (Fsp3) is 0.421. The lowest BCUT2D eigenvalue weighted by Gasteiger charge is -2.31. The molecular weight excluding hydrogens is 314 g/mol. The number of likely N-dealkylation sites (tertiary alicyclic amines) is 1. The Morgan fingerprint density at radius 3 is 2.92 bits per heavy atom. The van der Waals surface area contributed by atoms with Gasteiger partial charge in [0.05, 0.1) is 6.54 Å². The number of amides is 1. The number of rotatable bonds is 7. The zero-order chi connectivity index (χ0) is 17.5. The van der Waals surface area contributed by atoms with Crippen LogP contribution in [0.25, 0.3) is 0 Å². The standard InChI is InChI=1S/C19H25N5O/c20-17(25)14-24-11-3-4-16(13-24)7-6-15-8-10-22-19(12-15)23-18-5-1-2-9-21-18/h1-2,5,8-10,12,16H,3-4,6-7,11,13-14H2,(H2,20,25)(H,21,22,23)/t16-/m0/s1. The summed E-state index contributed by atoms with van der Waals surface area (Å²) >= 11 is 0. The Hall–Kier alpha value is -2.47. The molecule has 2 aromatic rings. The third-order valence-corrected chi connectivity index (χ3v) is 4.57. The van der Waals surface area contributed by atoms with E-state index in [4.69, 9.17) is 5.73 Å². The summed E-state index contributed by atoms with van der Waals surface area (Å²) in [5, 5.41) is 3.23. The Morgan fingerprint density at radius 2 is 2.12 bits per heavy atom. The van der Waals surface area contributed by atoms with E-state index in [0.29, 0.717) is 12.5 Å². The van der Waals surface area contributed by atoms with Crippen molar-refractivity contribution in [2.75, 3.05) is 25.0 Å². The van der Waals surface area contributed by atoms with Gasteiger partial charge < -0.3 is 11.1 Å². The number of carbonyl (C=O) groups excluding carboxylic acids is 1. The number of nitrogens with zero attached hydrogens (tertiary/aromatic N) is 3. The van der Waals surface area contributed by atoms with Crippen LogP contribution in [0.2, 0.25) is 0 Å². The summed E-state index contributed by atoms with van der Waals surface area (Å²) in [4.78, 5) is 21.9. The number of primary amides is 1. The van der Waals surface area contributed by atoms with Gasteiger partial charge in [0, 0.05) is 18.9 Å². The second-order valence-electron chi connectivity index (χ2n) is 6.64. The van der Waals surface area contributed by atoms with Crippen LogP contribution < -0.4 is 11.1 Å². The second-order valence-corrected chi connectivity index (χ2v) is 6.64. The number of pyridine rings is 2. The lowest BCUT2D eigenvalue weighted by Crippen LogP contribution is -2.40. The highest BCUT2D eigenvalue weighted by atomic mass is 16.1. The van der Waals surface area contributed by atoms with Crippen LogP contribution in [0.15, 0.2) is 42.7 Å². The van der Waals surface area contributed by atoms with Crippen LogP contribution in [0.4, 0.5) is 11.6 Å². The van der Waals surface area contributed by atoms with Crippen LogP contribution in [0.3, 0.4) is 0 Å². The summed E-state index contributed by atoms with van der Waals surface area (Å²) in [6.07, 6.45) is 8.07. The van der Waals surface area contributed by atoms with Gasteiger partial charge in [-0.3, -0.25) is 9.69 Å². The molecule has 3 rings (SSSR count). The molecule has 0 aliphatic carbocycles. The van der Waals surface area contributed by atoms with Crippen molar-refractivity contribution in [2.45, 2.75) is 25.7 Å². The third kappa shape index (κ3) is 5.53. The number of hydrogen-bond acceptors (Lipinski definition) is 5. The Morgan fingerprint density at radius 1 is 1.24 bits per heavy atom. The first-order valence-electron chi connectivity index (χ1n) is 8.82. The van der Waals surface area contributed by atoms with Crippen molar-refractivity contribution < 1.29 is 4.79 Å². The number of carbonyl (C=O) groups is 1. The van der Waals surface area contributed by atoms with Gasteiger partial charge in [-0.15, -0.1) is 0 Å². The first-order chi connectivity index (χ1) is 12.2. The summed E-state index contributed by atoms with van der Waals surface area (Å²) in [7, 11) is 0. The number of aromatic nitrogens is 2. The fourth-order valence-corrected chi connectivity index (χ4v) is 3.39. The van der Waals surface area contributed by atoms with Crippen LogP contribution in [0, 0.1) is 5.92 Å². The smallest absolute Gasteiger partial charge is 0.231 e. The van der Waals surface area contributed by atoms with Gasteiger partial charge in [-0.25, -0.2) is 9.97 Å². The van der Waals surface area contributed by atoms with Crippen molar-refractivity contribution in [2.24, 2.45) is 11.7 Å². The van der Waals surface area contributed by atoms with E-state index in [9.17, 15) is 4.79 Å². The van der Waals surface area contributed by atoms with Crippen molar-refractivity contribution in [1.29, 1.82) is 0 Å². The molecule has 6 heteroatoms. The van der Waals surface area contributed by atoms with Crippen molar-refractivity contribution in [3.05, 3.63) is 48.3 Å². The summed E-state index contributed by atoms with van der Waals surface area (Å²) in [5.41, 5.74) is 6.58. The van der Waals surface area contributed by atoms with Crippen LogP contribution in [0.1, 0.15) is 24.8 Å². The van der Waals surface area contributed by atoms with Gasteiger partial charge in [0.25, 0.3) is 0 Å². The first-order valence-corrected chi connectivity index (χ1v) is 8.82. The predicted octanol–water partition coefficient (Wildman–Crippen LogP) is 2.35. The molecule has 2 aromatic heterocycles. The number of anilines is 2. The Bertz CT molecular complexity index is 691. The molecule has 3 N–H and O–H groups in total. The maximum Gasteiger partial charge on any atom is 0.231 e. The van der Waals surface area contributed by atoms with Crippen molar-refractivity contribution in [3.8, 4) is 0 Å². The topological polar surface area (TPSA) is 84.1 Å². The molecular formula is C19H25N5O. The van der Waals surface area contributed by atoms with E-state index in [1.54, 1.807) is 6.20 Å². The van der Waals surface area contributed by atoms with Gasteiger partial charge in [-0.1, -0.05) is 6.07 Å². The third-order valence-electron chi connectivity index (χ3n) is 4.57. The zero-order valence-corrected chi connectivity index (χ0v) is 14.4. The van der Waals surface area contributed by atoms with Crippen LogP contribution in [0.5, 0.6) is 0 Å². The molecule has 1 atom stereocenters. The van der Waals surface area contributed by atoms with E-state index in [1.807, 2.05) is 24.4 Å². The van der Waals surface area contributed by atoms with Crippen molar-refractivity contribution >= 4 is 17.5 Å². The highest BCUT2D eigenvalue weighted by molar-refractivity contribution is 5.75. The Labute approximate surface area is 148 Å². The van der Waals surface area contributed by atoms with E-state index in [1.165, 1.54) is 12.0 Å². The summed E-state index contributed by atoms with van der Waals surface area (Å²) in [6, 6.07) is 9.90. The molecule has 1 fully saturated rings. The molecule has 1 amide bonds. The summed E-state index contributed by atoms with van der Waals surface area (Å²) in [5.74, 6) is 1.99. The number of hydrogen-bond donors (Lipinski definition) is 2. The minimum Gasteiger partial charge on any atom is -0.369 e. The molecule has 25 heavy (non-hydrogen) atoms. The molecule has 0 bridgehead atoms. The predicted molar refractivity (Wildman–Crippen MR) is 98.4 cm³/mol. The monoisotopic (exact) mass is 339 g/mol. The minimum absolute atomic E-state index is 0.236. The highest BCUT2D eigenvalue weighted by Crippen LogP contribution is 2.22. The van der Waals surface area contributed by atoms with E-state index in [2.05, 4.69) is 32.3 Å². The van der Waals surface area contributed by atoms with Gasteiger partial charge in [0.2, 0.25) is 5.91 Å². The average molecular weight is 339 g/mol. The molecule has 1 aliphatic rings. The van der Waals surface area contributed by atoms with E-state index >= 15 is 0 Å². The molecule has 0 radical (unpaired) electrons. The zero-order valence-electron chi connectivity index (χ0n) is 14.4. The minimum atomic E-state index is -0.236. The Kier molecular flexibility index (Phi) is 5.95. The molecule has 0 unspecified atom stereocenters. The maximum atomic E-state index is 11.1. The molecule has 1 aliphatic heterocycles. The van der Waals surface area contributed by atoms with Gasteiger partial charge in [0.1, 0.15) is 11.6 Å². The molecule has 0 spiro atoms. The molecule has 0 saturated carbocycles. The number of piperidine rings is 1. The van der Waals surface area contributed by atoms with Crippen molar-refractivity contribution in [1.82, 2.24) is 14.9 Å². The normalized spacial score (nSPS) is 18.0. The molecule has 0 aromatic carbocycles. The van der Waals surface area contributed by atoms with Crippen molar-refractivity contribution in [3.63, 3.8) is 0 Å². The average Bonchev–Trinajstić information content (AvgIpc) is 2.61. The molecule has 3 heterocycles. The summed E-state index contributed by atoms with van der Waals surface area (Å²) in [6.45, 7) is 2.32. The van der Waals surface area contributed by atoms with Gasteiger partial charge in [0.15, 0.2) is 0 Å². The molecule has 6 nitrogen and oxygen atoms in total. The number of aryl methyl sites for hydroxylation is 1. The largest absolute Gasteiger partial charge is 0.369 e. The second kappa shape index (κ2) is 8.58. The Balaban J connectivity index is 1.53. The van der Waals surface area contributed by atoms with Gasteiger partial charge >= 0.3 is 0 Å². The summed E-state index contributed by atoms with van der Waals surface area (Å²) < 4.78 is 0. The lowest BCUT2D eigenvalue weighted by molar-refractivity contribution is -0.119. The van der Waals surface area contributed by atoms with E-state index in [0.717, 1.165) is 44.0 Å². The van der Waals surface area contributed by atoms with E-state index < -0.39 is 0 Å². The molecule has 132 valence electrons. The molecule has 1 saturated heterocycles. The van der Waals surface area contributed by atoms with E-state index in [-0.39, 0.29) is 5.91 Å².